The second kappa shape index (κ2) is 9.15. The van der Waals surface area contributed by atoms with Crippen molar-refractivity contribution in [3.63, 3.8) is 0 Å². The fourth-order valence-corrected chi connectivity index (χ4v) is 11.8. The monoisotopic (exact) mass is 576 g/mol. The third-order valence-corrected chi connectivity index (χ3v) is 14.0. The van der Waals surface area contributed by atoms with Crippen LogP contribution in [0.15, 0.2) is 36.4 Å². The summed E-state index contributed by atoms with van der Waals surface area (Å²) in [4.78, 5) is 44.0. The van der Waals surface area contributed by atoms with Crippen LogP contribution in [0.5, 0.6) is 0 Å². The van der Waals surface area contributed by atoms with Gasteiger partial charge in [-0.1, -0.05) is 46.8 Å². The number of carbonyl (C=O) groups excluding carboxylic acids is 2. The van der Waals surface area contributed by atoms with Crippen molar-refractivity contribution in [2.45, 2.75) is 99.8 Å². The minimum absolute atomic E-state index is 0.0320. The van der Waals surface area contributed by atoms with E-state index in [9.17, 15) is 19.5 Å². The third-order valence-electron chi connectivity index (χ3n) is 14.0. The summed E-state index contributed by atoms with van der Waals surface area (Å²) in [5.74, 6) is 1.03. The normalized spacial score (nSPS) is 43.7. The molecule has 4 saturated carbocycles. The molecule has 7 heteroatoms. The molecule has 5 aliphatic carbocycles. The Balaban J connectivity index is 1.41. The van der Waals surface area contributed by atoms with Crippen LogP contribution in [0.2, 0.25) is 0 Å². The number of carboxylic acids is 1. The van der Waals surface area contributed by atoms with E-state index in [1.807, 2.05) is 19.9 Å². The number of aryl methyl sites for hydroxylation is 1. The van der Waals surface area contributed by atoms with Crippen molar-refractivity contribution >= 4 is 17.8 Å². The molecule has 5 aliphatic rings. The molecule has 1 aromatic heterocycles. The van der Waals surface area contributed by atoms with Gasteiger partial charge in [-0.3, -0.25) is 9.59 Å². The molecule has 0 aliphatic heterocycles. The number of aliphatic carboxylic acids is 1. The Morgan fingerprint density at radius 2 is 1.71 bits per heavy atom. The zero-order chi connectivity index (χ0) is 30.6. The summed E-state index contributed by atoms with van der Waals surface area (Å²) in [7, 11) is 0. The fourth-order valence-electron chi connectivity index (χ4n) is 11.8. The first-order chi connectivity index (χ1) is 19.5. The molecule has 0 amide bonds. The Morgan fingerprint density at radius 1 is 1.00 bits per heavy atom. The largest absolute Gasteiger partial charge is 0.481 e. The molecule has 0 saturated heterocycles. The number of aromatic nitrogens is 2. The van der Waals surface area contributed by atoms with Crippen LogP contribution < -0.4 is 0 Å². The number of rotatable bonds is 3. The number of carboxylic acid groups (broad SMARTS) is 1. The van der Waals surface area contributed by atoms with Crippen molar-refractivity contribution in [2.24, 2.45) is 56.7 Å². The molecule has 9 atom stereocenters. The number of allylic oxidation sites excluding steroid dienone is 3. The van der Waals surface area contributed by atoms with Gasteiger partial charge in [-0.25, -0.2) is 14.3 Å². The Kier molecular flexibility index (Phi) is 6.40. The van der Waals surface area contributed by atoms with Crippen molar-refractivity contribution in [3.8, 4) is 0 Å². The molecule has 0 aromatic carbocycles. The number of hydrogen-bond donors (Lipinski definition) is 1. The number of nitrogens with zero attached hydrogens (tertiary/aromatic N) is 2. The van der Waals surface area contributed by atoms with Gasteiger partial charge in [0.2, 0.25) is 5.78 Å². The molecule has 1 heterocycles. The summed E-state index contributed by atoms with van der Waals surface area (Å²) < 4.78 is 7.22. The van der Waals surface area contributed by atoms with E-state index in [-0.39, 0.29) is 51.5 Å². The standard InChI is InChI=1S/C35H48N2O5/c1-20(2)22-11-14-35(29(39)40)16-15-33(7)23(27(22)35)9-10-26-32(6)19-24(42-30(41)37-18-17-36-21(37)3)28(38)31(4,5)25(32)12-13-34(26,33)8/h17-19,22-23,25-27H,1,9-16H2,2-8H3,(H,39,40)/t22-,23+,25-,26+,27+,32-,33+,34+,35-/m0/s1. The second-order valence-electron chi connectivity index (χ2n) is 15.8. The molecule has 0 unspecified atom stereocenters. The zero-order valence-electron chi connectivity index (χ0n) is 26.5. The molecule has 228 valence electrons. The highest BCUT2D eigenvalue weighted by Gasteiger charge is 2.72. The van der Waals surface area contributed by atoms with E-state index in [0.717, 1.165) is 56.9 Å². The van der Waals surface area contributed by atoms with Gasteiger partial charge in [0.1, 0.15) is 5.82 Å². The summed E-state index contributed by atoms with van der Waals surface area (Å²) in [5.41, 5.74) is -0.617. The van der Waals surface area contributed by atoms with Gasteiger partial charge in [-0.05, 0) is 117 Å². The van der Waals surface area contributed by atoms with Crippen LogP contribution in [0.4, 0.5) is 4.79 Å². The van der Waals surface area contributed by atoms with E-state index in [1.165, 1.54) is 4.57 Å². The van der Waals surface area contributed by atoms with Crippen molar-refractivity contribution in [3.05, 3.63) is 42.2 Å². The number of hydrogen-bond acceptors (Lipinski definition) is 5. The molecule has 0 spiro atoms. The topological polar surface area (TPSA) is 98.5 Å². The number of Topliss-reactive ketones (excluding diaryl/α,β-unsaturated/α-hetero) is 1. The van der Waals surface area contributed by atoms with E-state index in [1.54, 1.807) is 19.3 Å². The minimum atomic E-state index is -0.677. The molecule has 42 heavy (non-hydrogen) atoms. The van der Waals surface area contributed by atoms with Gasteiger partial charge in [-0.15, -0.1) is 0 Å². The summed E-state index contributed by atoms with van der Waals surface area (Å²) in [6.45, 7) is 19.4. The molecular formula is C35H48N2O5. The number of imidazole rings is 1. The van der Waals surface area contributed by atoms with Crippen molar-refractivity contribution in [1.29, 1.82) is 0 Å². The first kappa shape index (κ1) is 29.4. The van der Waals surface area contributed by atoms with Crippen LogP contribution in [0.3, 0.4) is 0 Å². The van der Waals surface area contributed by atoms with E-state index in [0.29, 0.717) is 11.7 Å². The molecule has 7 nitrogen and oxygen atoms in total. The van der Waals surface area contributed by atoms with Gasteiger partial charge in [0.25, 0.3) is 0 Å². The lowest BCUT2D eigenvalue weighted by Gasteiger charge is -2.71. The number of carbonyl (C=O) groups is 3. The molecule has 0 radical (unpaired) electrons. The average molecular weight is 577 g/mol. The molecule has 4 fully saturated rings. The molecule has 0 bridgehead atoms. The van der Waals surface area contributed by atoms with Gasteiger partial charge < -0.3 is 9.84 Å². The minimum Gasteiger partial charge on any atom is -0.481 e. The van der Waals surface area contributed by atoms with Gasteiger partial charge >= 0.3 is 12.1 Å². The SMILES string of the molecule is C=C(C)[C@@H]1CC[C@]2(C(=O)O)CC[C@]3(C)[C@H](CC[C@@H]4[C@@]5(C)C=C(OC(=O)n6ccnc6C)C(=O)C(C)(C)[C@@H]5CC[C@]43C)[C@@H]12. The predicted molar refractivity (Wildman–Crippen MR) is 159 cm³/mol. The highest BCUT2D eigenvalue weighted by Crippen LogP contribution is 2.77. The Morgan fingerprint density at radius 3 is 2.33 bits per heavy atom. The van der Waals surface area contributed by atoms with E-state index < -0.39 is 22.9 Å². The Labute approximate surface area is 250 Å². The van der Waals surface area contributed by atoms with E-state index >= 15 is 0 Å². The summed E-state index contributed by atoms with van der Waals surface area (Å²) in [6, 6.07) is 0. The lowest BCUT2D eigenvalue weighted by Crippen LogP contribution is -2.66. The van der Waals surface area contributed by atoms with Gasteiger partial charge in [0.15, 0.2) is 5.76 Å². The summed E-state index contributed by atoms with van der Waals surface area (Å²) >= 11 is 0. The Bertz CT molecular complexity index is 1410. The Hall–Kier alpha value is -2.70. The summed E-state index contributed by atoms with van der Waals surface area (Å²) in [5, 5.41) is 10.6. The van der Waals surface area contributed by atoms with Crippen LogP contribution in [0.25, 0.3) is 0 Å². The van der Waals surface area contributed by atoms with Crippen LogP contribution in [0, 0.1) is 63.6 Å². The van der Waals surface area contributed by atoms with Gasteiger partial charge in [0.05, 0.1) is 5.41 Å². The maximum Gasteiger partial charge on any atom is 0.425 e. The lowest BCUT2D eigenvalue weighted by atomic mass is 9.33. The van der Waals surface area contributed by atoms with Gasteiger partial charge in [-0.2, -0.15) is 0 Å². The first-order valence-electron chi connectivity index (χ1n) is 15.9. The molecule has 6 rings (SSSR count). The van der Waals surface area contributed by atoms with E-state index in [2.05, 4.69) is 39.3 Å². The van der Waals surface area contributed by atoms with Crippen LogP contribution in [-0.4, -0.2) is 32.5 Å². The first-order valence-corrected chi connectivity index (χ1v) is 15.9. The maximum absolute atomic E-state index is 13.9. The number of ether oxygens (including phenoxy) is 1. The smallest absolute Gasteiger partial charge is 0.425 e. The van der Waals surface area contributed by atoms with Crippen molar-refractivity contribution in [1.82, 2.24) is 9.55 Å². The van der Waals surface area contributed by atoms with Crippen LogP contribution in [-0.2, 0) is 14.3 Å². The highest BCUT2D eigenvalue weighted by molar-refractivity contribution is 6.01. The number of ketones is 1. The van der Waals surface area contributed by atoms with Gasteiger partial charge in [0, 0.05) is 17.8 Å². The highest BCUT2D eigenvalue weighted by atomic mass is 16.6. The quantitative estimate of drug-likeness (QED) is 0.372. The molecule has 1 aromatic rings. The lowest BCUT2D eigenvalue weighted by molar-refractivity contribution is -0.222. The van der Waals surface area contributed by atoms with Crippen LogP contribution >= 0.6 is 0 Å². The van der Waals surface area contributed by atoms with E-state index in [4.69, 9.17) is 4.74 Å². The number of fused-ring (bicyclic) bond motifs is 7. The maximum atomic E-state index is 13.9. The predicted octanol–water partition coefficient (Wildman–Crippen LogP) is 7.59. The zero-order valence-corrected chi connectivity index (χ0v) is 26.5. The molecular weight excluding hydrogens is 528 g/mol. The fraction of sp³-hybridized carbons (Fsp3) is 0.714. The summed E-state index contributed by atoms with van der Waals surface area (Å²) in [6.07, 6.45) is 11.7. The van der Waals surface area contributed by atoms with Crippen molar-refractivity contribution in [2.75, 3.05) is 0 Å². The third kappa shape index (κ3) is 3.57. The van der Waals surface area contributed by atoms with Crippen molar-refractivity contribution < 1.29 is 24.2 Å². The average Bonchev–Trinajstić information content (AvgIpc) is 3.52. The second-order valence-corrected chi connectivity index (χ2v) is 15.8. The van der Waals surface area contributed by atoms with Crippen LogP contribution in [0.1, 0.15) is 98.7 Å². The molecule has 1 N–H and O–H groups in total.